The van der Waals surface area contributed by atoms with Crippen LogP contribution in [0.5, 0.6) is 0 Å². The Kier molecular flexibility index (Phi) is 4.57. The highest BCUT2D eigenvalue weighted by Gasteiger charge is 2.09. The molecule has 0 fully saturated rings. The molecule has 0 aromatic carbocycles. The van der Waals surface area contributed by atoms with Crippen LogP contribution in [0.2, 0.25) is 0 Å². The summed E-state index contributed by atoms with van der Waals surface area (Å²) >= 11 is 0. The summed E-state index contributed by atoms with van der Waals surface area (Å²) in [4.78, 5) is 19.8. The lowest BCUT2D eigenvalue weighted by Gasteiger charge is -2.09. The Labute approximate surface area is 111 Å². The standard InChI is InChI=1S/C12H16N6O/c1-2-5-13-7-11(19)17-10-4-3-6-15-12(10)18-9-14-8-16-18/h3-4,6,8-9,13H,2,5,7H2,1H3,(H,17,19). The van der Waals surface area contributed by atoms with Crippen molar-refractivity contribution >= 4 is 11.6 Å². The third-order valence-corrected chi connectivity index (χ3v) is 2.41. The molecule has 0 aliphatic rings. The van der Waals surface area contributed by atoms with Crippen molar-refractivity contribution in [3.05, 3.63) is 31.0 Å². The number of anilines is 1. The summed E-state index contributed by atoms with van der Waals surface area (Å²) in [7, 11) is 0. The molecule has 0 aliphatic carbocycles. The van der Waals surface area contributed by atoms with Crippen LogP contribution in [0, 0.1) is 0 Å². The largest absolute Gasteiger partial charge is 0.322 e. The van der Waals surface area contributed by atoms with Gasteiger partial charge in [0, 0.05) is 6.20 Å². The Morgan fingerprint density at radius 1 is 1.47 bits per heavy atom. The van der Waals surface area contributed by atoms with E-state index < -0.39 is 0 Å². The van der Waals surface area contributed by atoms with Crippen molar-refractivity contribution in [2.24, 2.45) is 0 Å². The molecule has 0 bridgehead atoms. The number of carbonyl (C=O) groups is 1. The van der Waals surface area contributed by atoms with Gasteiger partial charge in [-0.1, -0.05) is 6.92 Å². The highest BCUT2D eigenvalue weighted by Crippen LogP contribution is 2.15. The van der Waals surface area contributed by atoms with E-state index in [9.17, 15) is 4.79 Å². The lowest BCUT2D eigenvalue weighted by molar-refractivity contribution is -0.115. The number of amides is 1. The maximum Gasteiger partial charge on any atom is 0.238 e. The Balaban J connectivity index is 2.06. The molecule has 0 unspecified atom stereocenters. The van der Waals surface area contributed by atoms with Crippen LogP contribution in [-0.4, -0.2) is 38.7 Å². The topological polar surface area (TPSA) is 84.7 Å². The molecule has 7 nitrogen and oxygen atoms in total. The molecule has 2 rings (SSSR count). The van der Waals surface area contributed by atoms with Gasteiger partial charge in [-0.05, 0) is 25.1 Å². The van der Waals surface area contributed by atoms with Crippen LogP contribution in [0.15, 0.2) is 31.0 Å². The van der Waals surface area contributed by atoms with Gasteiger partial charge in [0.25, 0.3) is 0 Å². The Morgan fingerprint density at radius 2 is 2.37 bits per heavy atom. The van der Waals surface area contributed by atoms with E-state index in [4.69, 9.17) is 0 Å². The quantitative estimate of drug-likeness (QED) is 0.743. The van der Waals surface area contributed by atoms with E-state index in [0.29, 0.717) is 11.5 Å². The van der Waals surface area contributed by atoms with Gasteiger partial charge < -0.3 is 10.6 Å². The van der Waals surface area contributed by atoms with Crippen LogP contribution in [-0.2, 0) is 4.79 Å². The molecule has 0 saturated heterocycles. The molecule has 2 aromatic heterocycles. The molecule has 2 N–H and O–H groups in total. The summed E-state index contributed by atoms with van der Waals surface area (Å²) in [5, 5.41) is 9.85. The van der Waals surface area contributed by atoms with E-state index in [0.717, 1.165) is 13.0 Å². The van der Waals surface area contributed by atoms with Gasteiger partial charge in [0.1, 0.15) is 12.7 Å². The highest BCUT2D eigenvalue weighted by molar-refractivity contribution is 5.93. The van der Waals surface area contributed by atoms with E-state index in [-0.39, 0.29) is 12.5 Å². The fourth-order valence-corrected chi connectivity index (χ4v) is 1.57. The van der Waals surface area contributed by atoms with Crippen molar-refractivity contribution in [1.82, 2.24) is 25.1 Å². The van der Waals surface area contributed by atoms with Crippen molar-refractivity contribution in [3.8, 4) is 5.82 Å². The average molecular weight is 260 g/mol. The summed E-state index contributed by atoms with van der Waals surface area (Å²) in [6.07, 6.45) is 5.59. The van der Waals surface area contributed by atoms with Crippen LogP contribution < -0.4 is 10.6 Å². The predicted molar refractivity (Wildman–Crippen MR) is 70.9 cm³/mol. The molecular formula is C12H16N6O. The van der Waals surface area contributed by atoms with Crippen molar-refractivity contribution in [2.45, 2.75) is 13.3 Å². The highest BCUT2D eigenvalue weighted by atomic mass is 16.1. The summed E-state index contributed by atoms with van der Waals surface area (Å²) in [6, 6.07) is 3.54. The lowest BCUT2D eigenvalue weighted by atomic mass is 10.3. The number of rotatable bonds is 6. The maximum absolute atomic E-state index is 11.8. The van der Waals surface area contributed by atoms with Gasteiger partial charge in [-0.25, -0.2) is 14.6 Å². The van der Waals surface area contributed by atoms with Gasteiger partial charge >= 0.3 is 0 Å². The SMILES string of the molecule is CCCNCC(=O)Nc1cccnc1-n1cncn1. The second-order valence-electron chi connectivity index (χ2n) is 3.94. The summed E-state index contributed by atoms with van der Waals surface area (Å²) in [5.41, 5.74) is 0.608. The second-order valence-corrected chi connectivity index (χ2v) is 3.94. The zero-order valence-corrected chi connectivity index (χ0v) is 10.7. The molecule has 0 atom stereocenters. The van der Waals surface area contributed by atoms with Crippen molar-refractivity contribution in [1.29, 1.82) is 0 Å². The zero-order chi connectivity index (χ0) is 13.5. The van der Waals surface area contributed by atoms with Gasteiger partial charge in [0.15, 0.2) is 5.82 Å². The third-order valence-electron chi connectivity index (χ3n) is 2.41. The predicted octanol–water partition coefficient (Wildman–Crippen LogP) is 0.600. The normalized spacial score (nSPS) is 10.4. The van der Waals surface area contributed by atoms with Gasteiger partial charge in [-0.15, -0.1) is 0 Å². The fraction of sp³-hybridized carbons (Fsp3) is 0.333. The minimum atomic E-state index is -0.109. The number of nitrogens with zero attached hydrogens (tertiary/aromatic N) is 4. The number of nitrogens with one attached hydrogen (secondary N) is 2. The van der Waals surface area contributed by atoms with E-state index in [1.807, 2.05) is 0 Å². The number of pyridine rings is 1. The number of aromatic nitrogens is 4. The molecule has 0 saturated carbocycles. The van der Waals surface area contributed by atoms with Crippen molar-refractivity contribution in [2.75, 3.05) is 18.4 Å². The Bertz CT molecular complexity index is 525. The number of hydrogen-bond donors (Lipinski definition) is 2. The van der Waals surface area contributed by atoms with Crippen molar-refractivity contribution in [3.63, 3.8) is 0 Å². The van der Waals surface area contributed by atoms with E-state index in [1.165, 1.54) is 17.3 Å². The molecule has 0 radical (unpaired) electrons. The smallest absolute Gasteiger partial charge is 0.238 e. The van der Waals surface area contributed by atoms with Crippen LogP contribution in [0.4, 0.5) is 5.69 Å². The molecule has 2 aromatic rings. The molecule has 7 heteroatoms. The summed E-state index contributed by atoms with van der Waals surface area (Å²) < 4.78 is 1.51. The van der Waals surface area contributed by atoms with Gasteiger partial charge in [-0.2, -0.15) is 5.10 Å². The van der Waals surface area contributed by atoms with E-state index in [1.54, 1.807) is 18.3 Å². The van der Waals surface area contributed by atoms with Gasteiger partial charge in [0.2, 0.25) is 5.91 Å². The zero-order valence-electron chi connectivity index (χ0n) is 10.7. The first-order valence-corrected chi connectivity index (χ1v) is 6.12. The van der Waals surface area contributed by atoms with Crippen LogP contribution in [0.3, 0.4) is 0 Å². The minimum absolute atomic E-state index is 0.109. The van der Waals surface area contributed by atoms with Crippen molar-refractivity contribution < 1.29 is 4.79 Å². The Hall–Kier alpha value is -2.28. The summed E-state index contributed by atoms with van der Waals surface area (Å²) in [6.45, 7) is 3.14. The van der Waals surface area contributed by atoms with Crippen LogP contribution in [0.25, 0.3) is 5.82 Å². The van der Waals surface area contributed by atoms with Gasteiger partial charge in [0.05, 0.1) is 12.2 Å². The second kappa shape index (κ2) is 6.60. The average Bonchev–Trinajstić information content (AvgIpc) is 2.93. The molecular weight excluding hydrogens is 244 g/mol. The summed E-state index contributed by atoms with van der Waals surface area (Å²) in [5.74, 6) is 0.437. The molecule has 0 spiro atoms. The number of carbonyl (C=O) groups excluding carboxylic acids is 1. The van der Waals surface area contributed by atoms with E-state index in [2.05, 4.69) is 32.6 Å². The fourth-order valence-electron chi connectivity index (χ4n) is 1.57. The molecule has 19 heavy (non-hydrogen) atoms. The van der Waals surface area contributed by atoms with Crippen LogP contribution in [0.1, 0.15) is 13.3 Å². The van der Waals surface area contributed by atoms with Gasteiger partial charge in [-0.3, -0.25) is 4.79 Å². The monoisotopic (exact) mass is 260 g/mol. The molecule has 1 amide bonds. The first kappa shape index (κ1) is 13.2. The molecule has 0 aliphatic heterocycles. The number of hydrogen-bond acceptors (Lipinski definition) is 5. The van der Waals surface area contributed by atoms with E-state index >= 15 is 0 Å². The Morgan fingerprint density at radius 3 is 3.11 bits per heavy atom. The molecule has 100 valence electrons. The maximum atomic E-state index is 11.8. The first-order chi connectivity index (χ1) is 9.31. The first-order valence-electron chi connectivity index (χ1n) is 6.12. The van der Waals surface area contributed by atoms with Crippen LogP contribution >= 0.6 is 0 Å². The minimum Gasteiger partial charge on any atom is -0.322 e. The molecule has 2 heterocycles. The lowest BCUT2D eigenvalue weighted by Crippen LogP contribution is -2.29. The third kappa shape index (κ3) is 3.59.